The lowest BCUT2D eigenvalue weighted by Gasteiger charge is -2.32. The second-order valence-electron chi connectivity index (χ2n) is 6.25. The zero-order chi connectivity index (χ0) is 16.9. The molecule has 1 amide bonds. The number of benzene rings is 1. The van der Waals surface area contributed by atoms with Crippen molar-refractivity contribution in [1.29, 1.82) is 0 Å². The third-order valence-corrected chi connectivity index (χ3v) is 4.67. The lowest BCUT2D eigenvalue weighted by atomic mass is 9.93. The summed E-state index contributed by atoms with van der Waals surface area (Å²) in [6.07, 6.45) is 6.42. The molecular weight excluding hydrogens is 378 g/mol. The van der Waals surface area contributed by atoms with Crippen LogP contribution in [0.2, 0.25) is 0 Å². The predicted molar refractivity (Wildman–Crippen MR) is 105 cm³/mol. The molecule has 0 atom stereocenters. The molecule has 1 aromatic carbocycles. The fourth-order valence-electron chi connectivity index (χ4n) is 3.20. The van der Waals surface area contributed by atoms with Crippen LogP contribution in [0.3, 0.4) is 0 Å². The normalized spacial score (nSPS) is 14.5. The first-order valence-electron chi connectivity index (χ1n) is 8.41. The second kappa shape index (κ2) is 10.5. The van der Waals surface area contributed by atoms with Gasteiger partial charge in [0, 0.05) is 18.8 Å². The molecule has 8 heteroatoms. The summed E-state index contributed by atoms with van der Waals surface area (Å²) in [6, 6.07) is 6.07. The minimum atomic E-state index is -0.296. The van der Waals surface area contributed by atoms with Crippen molar-refractivity contribution < 1.29 is 9.18 Å². The highest BCUT2D eigenvalue weighted by Crippen LogP contribution is 2.22. The van der Waals surface area contributed by atoms with Crippen molar-refractivity contribution in [2.45, 2.75) is 19.3 Å². The summed E-state index contributed by atoms with van der Waals surface area (Å²) in [4.78, 5) is 18.8. The van der Waals surface area contributed by atoms with Gasteiger partial charge in [0.2, 0.25) is 0 Å². The van der Waals surface area contributed by atoms with Gasteiger partial charge in [-0.3, -0.25) is 9.36 Å². The first-order chi connectivity index (χ1) is 11.7. The number of carbonyl (C=O) groups is 1. The van der Waals surface area contributed by atoms with Gasteiger partial charge in [-0.15, -0.1) is 24.8 Å². The molecule has 2 heterocycles. The van der Waals surface area contributed by atoms with E-state index in [0.717, 1.165) is 44.6 Å². The minimum absolute atomic E-state index is 0. The van der Waals surface area contributed by atoms with E-state index in [0.29, 0.717) is 11.6 Å². The van der Waals surface area contributed by atoms with Crippen LogP contribution in [-0.2, 0) is 0 Å². The van der Waals surface area contributed by atoms with Gasteiger partial charge in [-0.1, -0.05) is 0 Å². The Kier molecular flexibility index (Phi) is 9.05. The number of rotatable bonds is 5. The number of aromatic nitrogens is 2. The van der Waals surface area contributed by atoms with Gasteiger partial charge in [-0.2, -0.15) is 0 Å². The number of hydrogen-bond donors (Lipinski definition) is 1. The Morgan fingerprint density at radius 3 is 2.50 bits per heavy atom. The summed E-state index contributed by atoms with van der Waals surface area (Å²) >= 11 is 0. The van der Waals surface area contributed by atoms with Gasteiger partial charge in [-0.05, 0) is 63.0 Å². The summed E-state index contributed by atoms with van der Waals surface area (Å²) in [5.74, 6) is 0.378. The molecule has 1 fully saturated rings. The molecule has 1 N–H and O–H groups in total. The van der Waals surface area contributed by atoms with Gasteiger partial charge in [0.1, 0.15) is 11.5 Å². The highest BCUT2D eigenvalue weighted by atomic mass is 35.5. The first kappa shape index (κ1) is 22.4. The summed E-state index contributed by atoms with van der Waals surface area (Å²) in [7, 11) is 1.97. The van der Waals surface area contributed by atoms with Gasteiger partial charge in [0.15, 0.2) is 0 Å². The van der Waals surface area contributed by atoms with E-state index in [1.54, 1.807) is 29.2 Å². The first-order valence-corrected chi connectivity index (χ1v) is 8.41. The standard InChI is InChI=1S/C18H23FN4O.2ClH/c1-20-9-6-14-7-10-22(11-8-14)18(24)17-12-21-13-23(17)16-4-2-15(19)3-5-16;;/h2-5,12-14,20H,6-11H2,1H3;2*1H. The maximum absolute atomic E-state index is 13.1. The molecule has 1 aliphatic heterocycles. The van der Waals surface area contributed by atoms with Crippen LogP contribution in [0.5, 0.6) is 0 Å². The molecule has 1 aliphatic rings. The Hall–Kier alpha value is -1.63. The number of likely N-dealkylation sites (tertiary alicyclic amines) is 1. The molecule has 3 rings (SSSR count). The Labute approximate surface area is 165 Å². The number of piperidine rings is 1. The maximum Gasteiger partial charge on any atom is 0.272 e. The molecule has 0 aliphatic carbocycles. The van der Waals surface area contributed by atoms with Gasteiger partial charge in [0.05, 0.1) is 12.5 Å². The summed E-state index contributed by atoms with van der Waals surface area (Å²) in [6.45, 7) is 2.58. The molecule has 0 bridgehead atoms. The molecule has 144 valence electrons. The average molecular weight is 403 g/mol. The summed E-state index contributed by atoms with van der Waals surface area (Å²) < 4.78 is 14.8. The van der Waals surface area contributed by atoms with E-state index in [1.807, 2.05) is 11.9 Å². The van der Waals surface area contributed by atoms with E-state index in [4.69, 9.17) is 0 Å². The summed E-state index contributed by atoms with van der Waals surface area (Å²) in [5, 5.41) is 3.18. The molecule has 1 saturated heterocycles. The zero-order valence-corrected chi connectivity index (χ0v) is 16.4. The van der Waals surface area contributed by atoms with Crippen molar-refractivity contribution in [1.82, 2.24) is 19.8 Å². The van der Waals surface area contributed by atoms with Crippen molar-refractivity contribution in [2.24, 2.45) is 5.92 Å². The van der Waals surface area contributed by atoms with Crippen molar-refractivity contribution in [3.8, 4) is 5.69 Å². The molecule has 5 nitrogen and oxygen atoms in total. The third-order valence-electron chi connectivity index (χ3n) is 4.67. The van der Waals surface area contributed by atoms with E-state index in [1.165, 1.54) is 12.1 Å². The SMILES string of the molecule is CNCCC1CCN(C(=O)c2cncn2-c2ccc(F)cc2)CC1.Cl.Cl. The number of carbonyl (C=O) groups excluding carboxylic acids is 1. The van der Waals surface area contributed by atoms with Crippen LogP contribution in [0.1, 0.15) is 29.8 Å². The van der Waals surface area contributed by atoms with Crippen LogP contribution in [0.25, 0.3) is 5.69 Å². The van der Waals surface area contributed by atoms with Crippen LogP contribution < -0.4 is 5.32 Å². The second-order valence-corrected chi connectivity index (χ2v) is 6.25. The largest absolute Gasteiger partial charge is 0.337 e. The zero-order valence-electron chi connectivity index (χ0n) is 14.7. The third kappa shape index (κ3) is 5.19. The lowest BCUT2D eigenvalue weighted by molar-refractivity contribution is 0.0679. The number of nitrogens with zero attached hydrogens (tertiary/aromatic N) is 3. The highest BCUT2D eigenvalue weighted by molar-refractivity contribution is 5.93. The lowest BCUT2D eigenvalue weighted by Crippen LogP contribution is -2.39. The number of imidazole rings is 1. The molecule has 0 saturated carbocycles. The van der Waals surface area contributed by atoms with Gasteiger partial charge >= 0.3 is 0 Å². The molecule has 26 heavy (non-hydrogen) atoms. The van der Waals surface area contributed by atoms with E-state index >= 15 is 0 Å². The minimum Gasteiger partial charge on any atom is -0.337 e. The van der Waals surface area contributed by atoms with Crippen LogP contribution in [0.4, 0.5) is 4.39 Å². The van der Waals surface area contributed by atoms with Gasteiger partial charge < -0.3 is 10.2 Å². The number of nitrogens with one attached hydrogen (secondary N) is 1. The molecule has 0 spiro atoms. The van der Waals surface area contributed by atoms with E-state index in [9.17, 15) is 9.18 Å². The van der Waals surface area contributed by atoms with Crippen molar-refractivity contribution in [2.75, 3.05) is 26.7 Å². The summed E-state index contributed by atoms with van der Waals surface area (Å²) in [5.41, 5.74) is 1.26. The quantitative estimate of drug-likeness (QED) is 0.834. The van der Waals surface area contributed by atoms with E-state index in [-0.39, 0.29) is 36.5 Å². The van der Waals surface area contributed by atoms with E-state index in [2.05, 4.69) is 10.3 Å². The Morgan fingerprint density at radius 1 is 1.23 bits per heavy atom. The van der Waals surface area contributed by atoms with Crippen molar-refractivity contribution in [3.63, 3.8) is 0 Å². The van der Waals surface area contributed by atoms with Crippen LogP contribution in [0.15, 0.2) is 36.8 Å². The van der Waals surface area contributed by atoms with Crippen LogP contribution >= 0.6 is 24.8 Å². The van der Waals surface area contributed by atoms with Crippen LogP contribution in [-0.4, -0.2) is 47.0 Å². The maximum atomic E-state index is 13.1. The topological polar surface area (TPSA) is 50.2 Å². The Morgan fingerprint density at radius 2 is 1.88 bits per heavy atom. The van der Waals surface area contributed by atoms with Gasteiger partial charge in [-0.25, -0.2) is 9.37 Å². The molecule has 0 radical (unpaired) electrons. The number of halogens is 3. The fourth-order valence-corrected chi connectivity index (χ4v) is 3.20. The van der Waals surface area contributed by atoms with Crippen molar-refractivity contribution >= 4 is 30.7 Å². The predicted octanol–water partition coefficient (Wildman–Crippen LogP) is 3.32. The molecule has 2 aromatic rings. The smallest absolute Gasteiger partial charge is 0.272 e. The van der Waals surface area contributed by atoms with Gasteiger partial charge in [0.25, 0.3) is 5.91 Å². The van der Waals surface area contributed by atoms with E-state index < -0.39 is 0 Å². The monoisotopic (exact) mass is 402 g/mol. The fraction of sp³-hybridized carbons (Fsp3) is 0.444. The Bertz CT molecular complexity index is 685. The molecule has 0 unspecified atom stereocenters. The average Bonchev–Trinajstić information content (AvgIpc) is 3.10. The van der Waals surface area contributed by atoms with Crippen molar-refractivity contribution in [3.05, 3.63) is 48.3 Å². The number of amides is 1. The molecular formula is C18H25Cl2FN4O. The van der Waals surface area contributed by atoms with Crippen LogP contribution in [0, 0.1) is 11.7 Å². The molecule has 1 aromatic heterocycles. The highest BCUT2D eigenvalue weighted by Gasteiger charge is 2.25. The Balaban J connectivity index is 0.00000169. The number of hydrogen-bond acceptors (Lipinski definition) is 3.